The molecule has 2 heterocycles. The molecule has 0 radical (unpaired) electrons. The fourth-order valence-electron chi connectivity index (χ4n) is 3.67. The summed E-state index contributed by atoms with van der Waals surface area (Å²) in [5.41, 5.74) is 2.06. The van der Waals surface area contributed by atoms with Gasteiger partial charge in [0.15, 0.2) is 11.5 Å². The summed E-state index contributed by atoms with van der Waals surface area (Å²) in [4.78, 5) is 21.0. The number of carbonyl (C=O) groups excluding carboxylic acids is 1. The number of aromatic nitrogens is 4. The highest BCUT2D eigenvalue weighted by Crippen LogP contribution is 2.37. The highest BCUT2D eigenvalue weighted by atomic mass is 35.5. The quantitative estimate of drug-likeness (QED) is 0.251. The molecule has 0 saturated heterocycles. The van der Waals surface area contributed by atoms with E-state index >= 15 is 0 Å². The van der Waals surface area contributed by atoms with Crippen LogP contribution in [-0.2, 0) is 13.7 Å². The minimum atomic E-state index is -0.455. The van der Waals surface area contributed by atoms with Crippen LogP contribution in [0.3, 0.4) is 0 Å². The van der Waals surface area contributed by atoms with Gasteiger partial charge in [-0.05, 0) is 23.8 Å². The number of anilines is 2. The molecule has 0 aliphatic carbocycles. The third-order valence-corrected chi connectivity index (χ3v) is 5.90. The standard InChI is InChI=1S/C27H23ClN6O4/c1-34-25(10-11-31-34)33-27(35)32-21-9-8-18(12-20(21)28)38-26-19-13-23(36-2)24(14-22(19)29-16-30-26)37-15-17-6-4-3-5-7-17/h3-14,16H,15H2,1-2H3,(H2,32,33,35). The molecule has 0 unspecified atom stereocenters. The Bertz CT molecular complexity index is 1590. The zero-order valence-electron chi connectivity index (χ0n) is 20.5. The van der Waals surface area contributed by atoms with Crippen molar-refractivity contribution < 1.29 is 19.0 Å². The summed E-state index contributed by atoms with van der Waals surface area (Å²) < 4.78 is 19.1. The number of methoxy groups -OCH3 is 1. The highest BCUT2D eigenvalue weighted by molar-refractivity contribution is 6.34. The minimum Gasteiger partial charge on any atom is -0.493 e. The summed E-state index contributed by atoms with van der Waals surface area (Å²) in [6.45, 7) is 0.385. The number of benzene rings is 3. The number of amides is 2. The summed E-state index contributed by atoms with van der Waals surface area (Å²) in [5.74, 6) is 2.35. The van der Waals surface area contributed by atoms with Crippen molar-refractivity contribution >= 4 is 40.0 Å². The molecular weight excluding hydrogens is 508 g/mol. The van der Waals surface area contributed by atoms with Gasteiger partial charge < -0.3 is 19.5 Å². The van der Waals surface area contributed by atoms with Crippen molar-refractivity contribution in [3.63, 3.8) is 0 Å². The maximum absolute atomic E-state index is 12.3. The van der Waals surface area contributed by atoms with Crippen LogP contribution >= 0.6 is 11.6 Å². The third-order valence-electron chi connectivity index (χ3n) is 5.59. The molecule has 0 aliphatic rings. The van der Waals surface area contributed by atoms with Crippen LogP contribution in [0.4, 0.5) is 16.3 Å². The molecular formula is C27H23ClN6O4. The number of hydrogen-bond acceptors (Lipinski definition) is 7. The zero-order valence-corrected chi connectivity index (χ0v) is 21.3. The van der Waals surface area contributed by atoms with Gasteiger partial charge in [-0.15, -0.1) is 0 Å². The number of fused-ring (bicyclic) bond motifs is 1. The number of nitrogens with zero attached hydrogens (tertiary/aromatic N) is 4. The van der Waals surface area contributed by atoms with Crippen LogP contribution in [0.5, 0.6) is 23.1 Å². The van der Waals surface area contributed by atoms with E-state index in [1.54, 1.807) is 56.8 Å². The van der Waals surface area contributed by atoms with Crippen LogP contribution in [0.1, 0.15) is 5.56 Å². The molecule has 0 aliphatic heterocycles. The van der Waals surface area contributed by atoms with Gasteiger partial charge in [0.1, 0.15) is 24.5 Å². The Morgan fingerprint density at radius 2 is 1.84 bits per heavy atom. The molecule has 5 aromatic rings. The molecule has 0 saturated carbocycles. The number of halogens is 1. The number of rotatable bonds is 8. The predicted molar refractivity (Wildman–Crippen MR) is 144 cm³/mol. The van der Waals surface area contributed by atoms with Gasteiger partial charge in [-0.25, -0.2) is 14.8 Å². The average molecular weight is 531 g/mol. The summed E-state index contributed by atoms with van der Waals surface area (Å²) >= 11 is 6.42. The van der Waals surface area contributed by atoms with Crippen LogP contribution in [0.15, 0.2) is 79.3 Å². The Morgan fingerprint density at radius 3 is 2.58 bits per heavy atom. The van der Waals surface area contributed by atoms with Gasteiger partial charge in [0.2, 0.25) is 5.88 Å². The molecule has 5 rings (SSSR count). The number of urea groups is 1. The predicted octanol–water partition coefficient (Wildman–Crippen LogP) is 6.04. The smallest absolute Gasteiger partial charge is 0.324 e. The van der Waals surface area contributed by atoms with Crippen LogP contribution < -0.4 is 24.8 Å². The lowest BCUT2D eigenvalue weighted by molar-refractivity contribution is 0.262. The van der Waals surface area contributed by atoms with Gasteiger partial charge in [0.25, 0.3) is 0 Å². The van der Waals surface area contributed by atoms with E-state index in [0.29, 0.717) is 52.1 Å². The second-order valence-electron chi connectivity index (χ2n) is 8.14. The second kappa shape index (κ2) is 11.1. The van der Waals surface area contributed by atoms with E-state index in [-0.39, 0.29) is 5.02 Å². The molecule has 0 bridgehead atoms. The lowest BCUT2D eigenvalue weighted by Gasteiger charge is -2.14. The van der Waals surface area contributed by atoms with Crippen LogP contribution in [-0.4, -0.2) is 32.9 Å². The Hall–Kier alpha value is -4.83. The molecule has 38 heavy (non-hydrogen) atoms. The van der Waals surface area contributed by atoms with Crippen molar-refractivity contribution in [2.24, 2.45) is 7.05 Å². The fraction of sp³-hybridized carbons (Fsp3) is 0.111. The average Bonchev–Trinajstić information content (AvgIpc) is 3.33. The molecule has 2 amide bonds. The van der Waals surface area contributed by atoms with E-state index in [1.165, 1.54) is 11.0 Å². The first-order valence-corrected chi connectivity index (χ1v) is 11.9. The van der Waals surface area contributed by atoms with Crippen molar-refractivity contribution in [3.8, 4) is 23.1 Å². The Kier molecular flexibility index (Phi) is 7.23. The maximum atomic E-state index is 12.3. The normalized spacial score (nSPS) is 10.7. The monoisotopic (exact) mass is 530 g/mol. The van der Waals surface area contributed by atoms with Crippen molar-refractivity contribution in [3.05, 3.63) is 89.8 Å². The molecule has 192 valence electrons. The lowest BCUT2D eigenvalue weighted by atomic mass is 10.2. The van der Waals surface area contributed by atoms with Crippen molar-refractivity contribution in [2.45, 2.75) is 6.61 Å². The number of nitrogens with one attached hydrogen (secondary N) is 2. The summed E-state index contributed by atoms with van der Waals surface area (Å²) in [7, 11) is 3.29. The molecule has 10 nitrogen and oxygen atoms in total. The van der Waals surface area contributed by atoms with E-state index in [2.05, 4.69) is 25.7 Å². The van der Waals surface area contributed by atoms with Gasteiger partial charge in [-0.2, -0.15) is 5.10 Å². The molecule has 2 aromatic heterocycles. The maximum Gasteiger partial charge on any atom is 0.324 e. The summed E-state index contributed by atoms with van der Waals surface area (Å²) in [6.07, 6.45) is 2.99. The van der Waals surface area contributed by atoms with E-state index in [0.717, 1.165) is 5.56 Å². The highest BCUT2D eigenvalue weighted by Gasteiger charge is 2.15. The van der Waals surface area contributed by atoms with Crippen molar-refractivity contribution in [2.75, 3.05) is 17.7 Å². The Labute approximate surface area is 223 Å². The van der Waals surface area contributed by atoms with E-state index < -0.39 is 6.03 Å². The Balaban J connectivity index is 1.33. The fourth-order valence-corrected chi connectivity index (χ4v) is 3.89. The van der Waals surface area contributed by atoms with E-state index in [9.17, 15) is 4.79 Å². The largest absolute Gasteiger partial charge is 0.493 e. The SMILES string of the molecule is COc1cc2c(Oc3ccc(NC(=O)Nc4ccnn4C)c(Cl)c3)ncnc2cc1OCc1ccccc1. The van der Waals surface area contributed by atoms with Gasteiger partial charge in [-0.3, -0.25) is 10.00 Å². The first-order chi connectivity index (χ1) is 18.5. The molecule has 11 heteroatoms. The third kappa shape index (κ3) is 5.60. The van der Waals surface area contributed by atoms with E-state index in [4.69, 9.17) is 25.8 Å². The summed E-state index contributed by atoms with van der Waals surface area (Å²) in [5, 5.41) is 10.3. The van der Waals surface area contributed by atoms with Crippen molar-refractivity contribution in [1.29, 1.82) is 0 Å². The molecule has 3 aromatic carbocycles. The van der Waals surface area contributed by atoms with Crippen molar-refractivity contribution in [1.82, 2.24) is 19.7 Å². The van der Waals surface area contributed by atoms with Crippen LogP contribution in [0.2, 0.25) is 5.02 Å². The minimum absolute atomic E-state index is 0.287. The molecule has 0 spiro atoms. The molecule has 2 N–H and O–H groups in total. The van der Waals surface area contributed by atoms with E-state index in [1.807, 2.05) is 30.3 Å². The Morgan fingerprint density at radius 1 is 1.00 bits per heavy atom. The number of carbonyl (C=O) groups is 1. The van der Waals surface area contributed by atoms with Gasteiger partial charge >= 0.3 is 6.03 Å². The number of hydrogen-bond donors (Lipinski definition) is 2. The van der Waals surface area contributed by atoms with Gasteiger partial charge in [0, 0.05) is 25.2 Å². The number of aryl methyl sites for hydroxylation is 1. The number of ether oxygens (including phenoxy) is 3. The van der Waals surface area contributed by atoms with Gasteiger partial charge in [0.05, 0.1) is 34.9 Å². The van der Waals surface area contributed by atoms with Gasteiger partial charge in [-0.1, -0.05) is 41.9 Å². The lowest BCUT2D eigenvalue weighted by Crippen LogP contribution is -2.21. The topological polar surface area (TPSA) is 112 Å². The molecule has 0 atom stereocenters. The van der Waals surface area contributed by atoms with Crippen LogP contribution in [0.25, 0.3) is 10.9 Å². The zero-order chi connectivity index (χ0) is 26.5. The molecule has 0 fully saturated rings. The second-order valence-corrected chi connectivity index (χ2v) is 8.54. The van der Waals surface area contributed by atoms with Crippen LogP contribution in [0, 0.1) is 0 Å². The summed E-state index contributed by atoms with van der Waals surface area (Å²) in [6, 6.07) is 19.5. The first kappa shape index (κ1) is 24.8. The first-order valence-electron chi connectivity index (χ1n) is 11.5.